The van der Waals surface area contributed by atoms with Gasteiger partial charge in [-0.2, -0.15) is 0 Å². The molecular weight excluding hydrogens is 694 g/mol. The summed E-state index contributed by atoms with van der Waals surface area (Å²) < 4.78 is 6.36. The summed E-state index contributed by atoms with van der Waals surface area (Å²) in [5.41, 5.74) is 5.64. The van der Waals surface area contributed by atoms with Crippen molar-refractivity contribution in [2.75, 3.05) is 0 Å². The molecule has 3 N–H and O–H groups in total. The molecule has 5 heterocycles. The second kappa shape index (κ2) is 11.8. The number of hydrogen-bond acceptors (Lipinski definition) is 8. The molecular formula is C39H22N8O3Zn+2. The van der Waals surface area contributed by atoms with Gasteiger partial charge < -0.3 is 19.8 Å². The molecule has 0 spiro atoms. The summed E-state index contributed by atoms with van der Waals surface area (Å²) in [7, 11) is 0. The minimum Gasteiger partial charge on any atom is -0.478 e. The number of rotatable bonds is 3. The monoisotopic (exact) mass is 714 g/mol. The number of fused-ring (bicyclic) bond motifs is 20. The molecule has 8 bridgehead atoms. The molecule has 0 aliphatic carbocycles. The maximum atomic E-state index is 11.5. The van der Waals surface area contributed by atoms with Gasteiger partial charge in [-0.25, -0.2) is 34.7 Å². The molecule has 0 atom stereocenters. The Kier molecular flexibility index (Phi) is 7.01. The smallest absolute Gasteiger partial charge is 0.478 e. The molecule has 0 radical (unpaired) electrons. The first-order valence-electron chi connectivity index (χ1n) is 15.8. The van der Waals surface area contributed by atoms with E-state index in [0.29, 0.717) is 62.9 Å². The minimum atomic E-state index is -1.01. The molecule has 236 valence electrons. The molecule has 5 aromatic carbocycles. The number of benzene rings is 5. The van der Waals surface area contributed by atoms with Gasteiger partial charge in [0.05, 0.1) is 11.1 Å². The van der Waals surface area contributed by atoms with Gasteiger partial charge in [-0.05, 0) is 30.3 Å². The number of ether oxygens (including phenoxy) is 1. The van der Waals surface area contributed by atoms with Crippen LogP contribution in [0.25, 0.3) is 89.7 Å². The quantitative estimate of drug-likeness (QED) is 0.153. The maximum Gasteiger partial charge on any atom is 2.00 e. The van der Waals surface area contributed by atoms with Crippen molar-refractivity contribution in [1.82, 2.24) is 39.9 Å². The average Bonchev–Trinajstić information content (AvgIpc) is 3.88. The van der Waals surface area contributed by atoms with E-state index in [9.17, 15) is 9.90 Å². The van der Waals surface area contributed by atoms with Gasteiger partial charge in [0.2, 0.25) is 0 Å². The Hall–Kier alpha value is -6.65. The molecule has 0 saturated carbocycles. The zero-order valence-electron chi connectivity index (χ0n) is 26.6. The van der Waals surface area contributed by atoms with Crippen LogP contribution in [0.1, 0.15) is 10.4 Å². The van der Waals surface area contributed by atoms with Gasteiger partial charge in [-0.3, -0.25) is 0 Å². The summed E-state index contributed by atoms with van der Waals surface area (Å²) in [5, 5.41) is 12.9. The van der Waals surface area contributed by atoms with Gasteiger partial charge in [0.1, 0.15) is 34.1 Å². The van der Waals surface area contributed by atoms with Crippen molar-refractivity contribution >= 4 is 50.1 Å². The van der Waals surface area contributed by atoms with Crippen LogP contribution in [0.3, 0.4) is 0 Å². The Morgan fingerprint density at radius 3 is 1.43 bits per heavy atom. The number of aromatic carboxylic acids is 1. The van der Waals surface area contributed by atoms with Gasteiger partial charge in [0, 0.05) is 38.2 Å². The Labute approximate surface area is 300 Å². The van der Waals surface area contributed by atoms with Gasteiger partial charge in [-0.15, -0.1) is 0 Å². The summed E-state index contributed by atoms with van der Waals surface area (Å²) in [4.78, 5) is 48.5. The molecule has 0 unspecified atom stereocenters. The largest absolute Gasteiger partial charge is 2.00 e. The van der Waals surface area contributed by atoms with Crippen LogP contribution in [0.5, 0.6) is 11.5 Å². The van der Waals surface area contributed by atoms with Crippen molar-refractivity contribution in [3.8, 4) is 57.1 Å². The van der Waals surface area contributed by atoms with E-state index in [1.807, 2.05) is 91.0 Å². The fourth-order valence-electron chi connectivity index (χ4n) is 6.53. The fraction of sp³-hybridized carbons (Fsp3) is 0. The summed E-state index contributed by atoms with van der Waals surface area (Å²) in [6.07, 6.45) is 0. The van der Waals surface area contributed by atoms with E-state index in [1.54, 1.807) is 12.1 Å². The van der Waals surface area contributed by atoms with E-state index in [2.05, 4.69) is 9.97 Å². The van der Waals surface area contributed by atoms with Crippen LogP contribution in [0.15, 0.2) is 115 Å². The number of carboxylic acid groups (broad SMARTS) is 1. The minimum absolute atomic E-state index is 0. The first-order chi connectivity index (χ1) is 24.6. The van der Waals surface area contributed by atoms with Gasteiger partial charge in [0.25, 0.3) is 0 Å². The number of aromatic amines is 2. The molecule has 51 heavy (non-hydrogen) atoms. The van der Waals surface area contributed by atoms with Crippen molar-refractivity contribution in [2.45, 2.75) is 0 Å². The van der Waals surface area contributed by atoms with Gasteiger partial charge >= 0.3 is 25.4 Å². The summed E-state index contributed by atoms with van der Waals surface area (Å²) >= 11 is 0. The Bertz CT molecular complexity index is 2900. The molecule has 11 nitrogen and oxygen atoms in total. The zero-order valence-corrected chi connectivity index (χ0v) is 29.6. The molecule has 2 aliphatic heterocycles. The number of carbonyl (C=O) groups is 1. The van der Waals surface area contributed by atoms with E-state index < -0.39 is 5.97 Å². The Morgan fingerprint density at radius 2 is 0.922 bits per heavy atom. The van der Waals surface area contributed by atoms with Crippen molar-refractivity contribution in [2.24, 2.45) is 0 Å². The van der Waals surface area contributed by atoms with Crippen LogP contribution in [-0.4, -0.2) is 50.9 Å². The summed E-state index contributed by atoms with van der Waals surface area (Å²) in [6.45, 7) is 0. The number of hydrogen-bond donors (Lipinski definition) is 3. The molecule has 2 aliphatic rings. The zero-order chi connectivity index (χ0) is 33.3. The van der Waals surface area contributed by atoms with Crippen LogP contribution in [0.2, 0.25) is 0 Å². The van der Waals surface area contributed by atoms with Crippen LogP contribution in [0.4, 0.5) is 0 Å². The first-order valence-corrected chi connectivity index (χ1v) is 15.8. The topological polar surface area (TPSA) is 155 Å². The van der Waals surface area contributed by atoms with Crippen LogP contribution in [-0.2, 0) is 19.5 Å². The fourth-order valence-corrected chi connectivity index (χ4v) is 6.53. The first kappa shape index (κ1) is 30.4. The molecule has 0 fully saturated rings. The van der Waals surface area contributed by atoms with Crippen LogP contribution in [0, 0.1) is 0 Å². The van der Waals surface area contributed by atoms with E-state index in [1.165, 1.54) is 12.1 Å². The Balaban J connectivity index is 0.00000348. The van der Waals surface area contributed by atoms with Gasteiger partial charge in [0.15, 0.2) is 23.3 Å². The average molecular weight is 716 g/mol. The molecule has 3 aromatic heterocycles. The summed E-state index contributed by atoms with van der Waals surface area (Å²) in [6, 6.07) is 35.6. The normalized spacial score (nSPS) is 11.5. The Morgan fingerprint density at radius 1 is 0.490 bits per heavy atom. The predicted octanol–water partition coefficient (Wildman–Crippen LogP) is 8.36. The third-order valence-electron chi connectivity index (χ3n) is 8.87. The molecule has 10 rings (SSSR count). The standard InChI is InChI=1S/C39H22N8O3.Zn/c48-39(49)20-16-18-21(19-17-20)50-29-15-7-14-28-30(29)38-46-36-27-13-6-5-12-26(27)34(44-36)42-32-23-9-2-1-8-22(23)31(40-32)41-33-24-10-3-4-11-25(24)35(43-33)45-37(28)47-38;/h1-19H,(H,48,49)(H2,40,41,42,43,44,45,46,47);/q;+2. The van der Waals surface area contributed by atoms with E-state index in [-0.39, 0.29) is 25.0 Å². The molecule has 12 heteroatoms. The molecule has 0 saturated heterocycles. The number of H-pyrrole nitrogens is 2. The third-order valence-corrected chi connectivity index (χ3v) is 8.87. The number of carboxylic acids is 1. The van der Waals surface area contributed by atoms with Crippen molar-refractivity contribution < 1.29 is 34.1 Å². The van der Waals surface area contributed by atoms with E-state index in [0.717, 1.165) is 38.2 Å². The van der Waals surface area contributed by atoms with E-state index >= 15 is 0 Å². The van der Waals surface area contributed by atoms with Gasteiger partial charge in [-0.1, -0.05) is 84.9 Å². The molecule has 8 aromatic rings. The third kappa shape index (κ3) is 4.95. The number of nitrogens with one attached hydrogen (secondary N) is 2. The van der Waals surface area contributed by atoms with Crippen LogP contribution >= 0.6 is 0 Å². The van der Waals surface area contributed by atoms with Crippen molar-refractivity contribution in [3.05, 3.63) is 121 Å². The second-order valence-corrected chi connectivity index (χ2v) is 11.9. The molecule has 0 amide bonds. The van der Waals surface area contributed by atoms with Crippen LogP contribution < -0.4 is 4.74 Å². The SMILES string of the molecule is O=C(O)c1ccc(Oc2cccc3c2-c2nc-3nc3[nH]c(nc4nc(nc5[nH]c(n2)c2ccccc52)-c2ccccc2-4)c2ccccc32)cc1.[Zn+2]. The van der Waals surface area contributed by atoms with E-state index in [4.69, 9.17) is 34.6 Å². The maximum absolute atomic E-state index is 11.5. The van der Waals surface area contributed by atoms with Crippen molar-refractivity contribution in [1.29, 1.82) is 0 Å². The summed E-state index contributed by atoms with van der Waals surface area (Å²) in [5.74, 6) is 1.86. The predicted molar refractivity (Wildman–Crippen MR) is 190 cm³/mol. The number of aromatic nitrogens is 8. The van der Waals surface area contributed by atoms with Crippen molar-refractivity contribution in [3.63, 3.8) is 0 Å². The second-order valence-electron chi connectivity index (χ2n) is 11.9. The number of nitrogens with zero attached hydrogens (tertiary/aromatic N) is 6.